The lowest BCUT2D eigenvalue weighted by Gasteiger charge is -2.32. The van der Waals surface area contributed by atoms with E-state index in [1.807, 2.05) is 43.3 Å². The summed E-state index contributed by atoms with van der Waals surface area (Å²) < 4.78 is 71.0. The predicted molar refractivity (Wildman–Crippen MR) is 155 cm³/mol. The van der Waals surface area contributed by atoms with Crippen LogP contribution in [-0.4, -0.2) is 45.1 Å². The molecule has 43 heavy (non-hydrogen) atoms. The van der Waals surface area contributed by atoms with Crippen molar-refractivity contribution in [1.29, 1.82) is 0 Å². The third kappa shape index (κ3) is 5.25. The van der Waals surface area contributed by atoms with Crippen LogP contribution in [0.4, 0.5) is 13.2 Å². The van der Waals surface area contributed by atoms with Gasteiger partial charge in [-0.1, -0.05) is 30.3 Å². The molecule has 8 nitrogen and oxygen atoms in total. The minimum atomic E-state index is -4.66. The minimum Gasteiger partial charge on any atom is -0.316 e. The molecule has 4 heterocycles. The minimum absolute atomic E-state index is 0.130. The van der Waals surface area contributed by atoms with Crippen LogP contribution in [0, 0.1) is 6.92 Å². The van der Waals surface area contributed by atoms with Crippen LogP contribution in [0.2, 0.25) is 0 Å². The second-order valence-corrected chi connectivity index (χ2v) is 13.0. The molecule has 1 fully saturated rings. The fourth-order valence-electron chi connectivity index (χ4n) is 6.00. The van der Waals surface area contributed by atoms with E-state index in [4.69, 9.17) is 0 Å². The highest BCUT2D eigenvalue weighted by Gasteiger charge is 2.45. The Morgan fingerprint density at radius 3 is 2.44 bits per heavy atom. The molecule has 0 spiro atoms. The van der Waals surface area contributed by atoms with Crippen LogP contribution in [0.15, 0.2) is 95.0 Å². The van der Waals surface area contributed by atoms with E-state index in [1.165, 1.54) is 14.9 Å². The van der Waals surface area contributed by atoms with Gasteiger partial charge in [0.15, 0.2) is 0 Å². The highest BCUT2D eigenvalue weighted by Crippen LogP contribution is 2.43. The molecule has 0 amide bonds. The number of aryl methyl sites for hydroxylation is 2. The Balaban J connectivity index is 1.41. The van der Waals surface area contributed by atoms with Crippen molar-refractivity contribution < 1.29 is 21.6 Å². The van der Waals surface area contributed by atoms with Gasteiger partial charge >= 0.3 is 6.18 Å². The Labute approximate surface area is 246 Å². The van der Waals surface area contributed by atoms with Crippen molar-refractivity contribution in [3.05, 3.63) is 118 Å². The highest BCUT2D eigenvalue weighted by molar-refractivity contribution is 7.89. The van der Waals surface area contributed by atoms with Gasteiger partial charge in [0.2, 0.25) is 15.6 Å². The van der Waals surface area contributed by atoms with E-state index in [-0.39, 0.29) is 23.5 Å². The van der Waals surface area contributed by atoms with Crippen LogP contribution in [0.1, 0.15) is 28.8 Å². The van der Waals surface area contributed by atoms with Crippen molar-refractivity contribution in [1.82, 2.24) is 23.6 Å². The summed E-state index contributed by atoms with van der Waals surface area (Å²) in [5.74, 6) is 0. The molecule has 222 valence electrons. The average molecular weight is 608 g/mol. The first kappa shape index (κ1) is 28.8. The quantitative estimate of drug-likeness (QED) is 0.271. The van der Waals surface area contributed by atoms with Gasteiger partial charge in [-0.2, -0.15) is 22.6 Å². The van der Waals surface area contributed by atoms with E-state index in [0.717, 1.165) is 45.5 Å². The van der Waals surface area contributed by atoms with Gasteiger partial charge in [-0.25, -0.2) is 13.1 Å². The van der Waals surface area contributed by atoms with Crippen molar-refractivity contribution in [3.8, 4) is 5.69 Å². The monoisotopic (exact) mass is 607 g/mol. The number of hydrogen-bond donors (Lipinski definition) is 0. The maximum atomic E-state index is 13.6. The number of pyridine rings is 2. The first-order valence-electron chi connectivity index (χ1n) is 13.6. The zero-order chi connectivity index (χ0) is 30.6. The zero-order valence-electron chi connectivity index (χ0n) is 23.4. The summed E-state index contributed by atoms with van der Waals surface area (Å²) in [6.45, 7) is 2.33. The van der Waals surface area contributed by atoms with Crippen LogP contribution in [0.5, 0.6) is 0 Å². The fraction of sp³-hybridized carbons (Fsp3) is 0.258. The Kier molecular flexibility index (Phi) is 7.01. The summed E-state index contributed by atoms with van der Waals surface area (Å²) in [7, 11) is -2.43. The molecule has 1 atom stereocenters. The van der Waals surface area contributed by atoms with E-state index in [9.17, 15) is 26.4 Å². The van der Waals surface area contributed by atoms with Gasteiger partial charge in [-0.3, -0.25) is 9.78 Å². The fourth-order valence-corrected chi connectivity index (χ4v) is 7.47. The van der Waals surface area contributed by atoms with Crippen LogP contribution in [0.3, 0.4) is 0 Å². The van der Waals surface area contributed by atoms with E-state index in [1.54, 1.807) is 30.2 Å². The van der Waals surface area contributed by atoms with Gasteiger partial charge in [0, 0.05) is 49.4 Å². The van der Waals surface area contributed by atoms with Gasteiger partial charge in [0.25, 0.3) is 0 Å². The van der Waals surface area contributed by atoms with Gasteiger partial charge in [0.1, 0.15) is 10.6 Å². The van der Waals surface area contributed by atoms with Gasteiger partial charge in [0.05, 0.1) is 17.4 Å². The van der Waals surface area contributed by atoms with Crippen LogP contribution in [-0.2, 0) is 35.1 Å². The highest BCUT2D eigenvalue weighted by atomic mass is 32.2. The molecular formula is C31H28F3N5O3S. The molecule has 2 aromatic carbocycles. The lowest BCUT2D eigenvalue weighted by molar-refractivity contribution is -0.141. The number of benzene rings is 2. The maximum Gasteiger partial charge on any atom is 0.433 e. The lowest BCUT2D eigenvalue weighted by Crippen LogP contribution is -2.36. The van der Waals surface area contributed by atoms with Crippen LogP contribution in [0.25, 0.3) is 16.6 Å². The molecule has 0 N–H and O–H groups in total. The Morgan fingerprint density at radius 1 is 1.00 bits per heavy atom. The normalized spacial score (nSPS) is 18.0. The summed E-state index contributed by atoms with van der Waals surface area (Å²) in [5, 5.41) is 5.43. The first-order chi connectivity index (χ1) is 20.4. The lowest BCUT2D eigenvalue weighted by atomic mass is 9.73. The number of hydrogen-bond acceptors (Lipinski definition) is 5. The SMILES string of the molecule is Cc1cc2c(cnn2-c2ccc(=O)n(C)c2)cc1C1(Cc2ccccc2)CCN(S(=O)(=O)c2ccc(C(F)(F)F)nc2)C1. The molecule has 1 aliphatic heterocycles. The standard InChI is InChI=1S/C31H28F3N5O3S/c1-21-14-27-23(17-36-39(27)24-8-11-29(40)37(2)19-24)15-26(21)30(16-22-6-4-3-5-7-22)12-13-38(20-30)43(41,42)25-9-10-28(35-18-25)31(32,33)34/h3-11,14-15,17-19H,12-13,16,20H2,1-2H3. The van der Waals surface area contributed by atoms with Crippen molar-refractivity contribution in [2.45, 2.75) is 36.3 Å². The number of alkyl halides is 3. The molecule has 5 aromatic rings. The third-order valence-corrected chi connectivity index (χ3v) is 10.00. The number of nitrogens with zero attached hydrogens (tertiary/aromatic N) is 5. The van der Waals surface area contributed by atoms with Crippen LogP contribution >= 0.6 is 0 Å². The predicted octanol–water partition coefficient (Wildman–Crippen LogP) is 5.02. The second kappa shape index (κ2) is 10.5. The zero-order valence-corrected chi connectivity index (χ0v) is 24.2. The van der Waals surface area contributed by atoms with Crippen molar-refractivity contribution in [3.63, 3.8) is 0 Å². The van der Waals surface area contributed by atoms with Crippen LogP contribution < -0.4 is 5.56 Å². The summed E-state index contributed by atoms with van der Waals surface area (Å²) in [6.07, 6.45) is 0.646. The Hall–Kier alpha value is -4.29. The summed E-state index contributed by atoms with van der Waals surface area (Å²) >= 11 is 0. The first-order valence-corrected chi connectivity index (χ1v) is 15.0. The number of aromatic nitrogens is 4. The summed E-state index contributed by atoms with van der Waals surface area (Å²) in [5.41, 5.74) is 2.66. The molecule has 6 rings (SSSR count). The molecule has 1 saturated heterocycles. The van der Waals surface area contributed by atoms with Gasteiger partial charge in [-0.15, -0.1) is 0 Å². The molecule has 1 unspecified atom stereocenters. The Morgan fingerprint density at radius 2 is 1.77 bits per heavy atom. The molecule has 0 radical (unpaired) electrons. The van der Waals surface area contributed by atoms with Crippen molar-refractivity contribution in [2.24, 2.45) is 7.05 Å². The topological polar surface area (TPSA) is 90.1 Å². The summed E-state index contributed by atoms with van der Waals surface area (Å²) in [6, 6.07) is 18.7. The van der Waals surface area contributed by atoms with Gasteiger partial charge < -0.3 is 4.57 Å². The average Bonchev–Trinajstić information content (AvgIpc) is 3.59. The van der Waals surface area contributed by atoms with E-state index >= 15 is 0 Å². The molecule has 3 aromatic heterocycles. The van der Waals surface area contributed by atoms with E-state index < -0.39 is 27.3 Å². The molecule has 0 saturated carbocycles. The molecule has 0 aliphatic carbocycles. The molecular weight excluding hydrogens is 579 g/mol. The largest absolute Gasteiger partial charge is 0.433 e. The van der Waals surface area contributed by atoms with E-state index in [2.05, 4.69) is 16.1 Å². The number of fused-ring (bicyclic) bond motifs is 1. The number of halogens is 3. The van der Waals surface area contributed by atoms with Crippen molar-refractivity contribution in [2.75, 3.05) is 13.1 Å². The molecule has 12 heteroatoms. The van der Waals surface area contributed by atoms with Gasteiger partial charge in [-0.05, 0) is 66.8 Å². The van der Waals surface area contributed by atoms with Crippen molar-refractivity contribution >= 4 is 20.9 Å². The smallest absolute Gasteiger partial charge is 0.316 e. The Bertz CT molecular complexity index is 1990. The number of sulfonamides is 1. The maximum absolute atomic E-state index is 13.6. The van der Waals surface area contributed by atoms with E-state index in [0.29, 0.717) is 18.9 Å². The molecule has 1 aliphatic rings. The second-order valence-electron chi connectivity index (χ2n) is 11.0. The number of rotatable bonds is 6. The summed E-state index contributed by atoms with van der Waals surface area (Å²) in [4.78, 5) is 15.0. The third-order valence-electron chi connectivity index (χ3n) is 8.17. The molecule has 0 bridgehead atoms.